The van der Waals surface area contributed by atoms with E-state index < -0.39 is 0 Å². The Labute approximate surface area is 174 Å². The van der Waals surface area contributed by atoms with Gasteiger partial charge in [-0.1, -0.05) is 18.2 Å². The van der Waals surface area contributed by atoms with Crippen molar-refractivity contribution in [3.8, 4) is 0 Å². The highest BCUT2D eigenvalue weighted by atomic mass is 32.2. The summed E-state index contributed by atoms with van der Waals surface area (Å²) in [5, 5.41) is 8.32. The van der Waals surface area contributed by atoms with Crippen LogP contribution in [0.15, 0.2) is 76.2 Å². The van der Waals surface area contributed by atoms with Crippen molar-refractivity contribution in [2.45, 2.75) is 30.5 Å². The molecule has 7 heteroatoms. The third-order valence-electron chi connectivity index (χ3n) is 3.91. The average molecular weight is 410 g/mol. The number of thioether (sulfide) groups is 1. The molecule has 0 bridgehead atoms. The van der Waals surface area contributed by atoms with Crippen LogP contribution < -0.4 is 16.0 Å². The lowest BCUT2D eigenvalue weighted by molar-refractivity contribution is 0.0995. The van der Waals surface area contributed by atoms with Crippen molar-refractivity contribution >= 4 is 35.1 Å². The Morgan fingerprint density at radius 1 is 0.931 bits per heavy atom. The summed E-state index contributed by atoms with van der Waals surface area (Å²) in [4.78, 5) is 25.5. The second-order valence-electron chi connectivity index (χ2n) is 6.66. The van der Waals surface area contributed by atoms with Crippen LogP contribution in [0.3, 0.4) is 0 Å². The zero-order chi connectivity index (χ0) is 20.6. The minimum Gasteiger partial charge on any atom is -0.459 e. The Balaban J connectivity index is 1.58. The van der Waals surface area contributed by atoms with Gasteiger partial charge in [0.25, 0.3) is 5.91 Å². The summed E-state index contributed by atoms with van der Waals surface area (Å²) >= 11 is 1.64. The lowest BCUT2D eigenvalue weighted by Crippen LogP contribution is -2.34. The number of amides is 3. The van der Waals surface area contributed by atoms with Gasteiger partial charge in [-0.05, 0) is 56.3 Å². The molecule has 0 unspecified atom stereocenters. The van der Waals surface area contributed by atoms with E-state index in [4.69, 9.17) is 4.42 Å². The highest BCUT2D eigenvalue weighted by molar-refractivity contribution is 7.98. The fraction of sp³-hybridized carbons (Fsp3) is 0.182. The zero-order valence-corrected chi connectivity index (χ0v) is 17.1. The smallest absolute Gasteiger partial charge is 0.319 e. The fourth-order valence-corrected chi connectivity index (χ4v) is 3.48. The summed E-state index contributed by atoms with van der Waals surface area (Å²) in [5.74, 6) is 0.626. The summed E-state index contributed by atoms with van der Waals surface area (Å²) in [6, 6.07) is 18.5. The second kappa shape index (κ2) is 9.84. The molecule has 3 rings (SSSR count). The minimum atomic E-state index is -0.308. The van der Waals surface area contributed by atoms with Crippen molar-refractivity contribution in [3.63, 3.8) is 0 Å². The SMILES string of the molecule is CC(C)NC(=O)Nc1ccc(NC(=O)c2occc2CSc2ccccc2)cc1. The van der Waals surface area contributed by atoms with Gasteiger partial charge < -0.3 is 20.4 Å². The van der Waals surface area contributed by atoms with Gasteiger partial charge in [0, 0.05) is 33.6 Å². The molecule has 0 aliphatic carbocycles. The molecule has 3 aromatic rings. The monoisotopic (exact) mass is 409 g/mol. The highest BCUT2D eigenvalue weighted by Gasteiger charge is 2.16. The van der Waals surface area contributed by atoms with E-state index in [1.54, 1.807) is 36.0 Å². The summed E-state index contributed by atoms with van der Waals surface area (Å²) < 4.78 is 5.41. The Morgan fingerprint density at radius 3 is 2.24 bits per heavy atom. The van der Waals surface area contributed by atoms with Gasteiger partial charge in [-0.2, -0.15) is 0 Å². The van der Waals surface area contributed by atoms with E-state index in [0.717, 1.165) is 10.5 Å². The summed E-state index contributed by atoms with van der Waals surface area (Å²) in [6.07, 6.45) is 1.52. The summed E-state index contributed by atoms with van der Waals surface area (Å²) in [5.41, 5.74) is 2.09. The molecule has 1 heterocycles. The van der Waals surface area contributed by atoms with Crippen molar-refractivity contribution in [2.75, 3.05) is 10.6 Å². The second-order valence-corrected chi connectivity index (χ2v) is 7.71. The number of rotatable bonds is 7. The van der Waals surface area contributed by atoms with Gasteiger partial charge in [0.05, 0.1) is 6.26 Å². The van der Waals surface area contributed by atoms with Crippen LogP contribution in [-0.4, -0.2) is 18.0 Å². The van der Waals surface area contributed by atoms with Crippen LogP contribution in [-0.2, 0) is 5.75 Å². The van der Waals surface area contributed by atoms with E-state index in [2.05, 4.69) is 16.0 Å². The molecule has 0 spiro atoms. The van der Waals surface area contributed by atoms with Crippen LogP contribution in [0.5, 0.6) is 0 Å². The van der Waals surface area contributed by atoms with E-state index in [1.165, 1.54) is 6.26 Å². The Morgan fingerprint density at radius 2 is 1.59 bits per heavy atom. The van der Waals surface area contributed by atoms with Crippen molar-refractivity contribution in [1.82, 2.24) is 5.32 Å². The maximum Gasteiger partial charge on any atom is 0.319 e. The normalized spacial score (nSPS) is 10.6. The molecule has 0 aliphatic heterocycles. The predicted octanol–water partition coefficient (Wildman–Crippen LogP) is 5.35. The number of hydrogen-bond donors (Lipinski definition) is 3. The molecular weight excluding hydrogens is 386 g/mol. The minimum absolute atomic E-state index is 0.0520. The van der Waals surface area contributed by atoms with Gasteiger partial charge >= 0.3 is 6.03 Å². The topological polar surface area (TPSA) is 83.4 Å². The Kier molecular flexibility index (Phi) is 6.97. The number of hydrogen-bond acceptors (Lipinski definition) is 4. The van der Waals surface area contributed by atoms with Crippen molar-refractivity contribution in [3.05, 3.63) is 78.3 Å². The molecule has 0 aliphatic rings. The van der Waals surface area contributed by atoms with Gasteiger partial charge in [0.2, 0.25) is 0 Å². The molecule has 0 fully saturated rings. The van der Waals surface area contributed by atoms with Gasteiger partial charge in [0.1, 0.15) is 0 Å². The summed E-state index contributed by atoms with van der Waals surface area (Å²) in [7, 11) is 0. The number of benzene rings is 2. The van der Waals surface area contributed by atoms with Crippen LogP contribution in [0.4, 0.5) is 16.2 Å². The van der Waals surface area contributed by atoms with Crippen molar-refractivity contribution in [1.29, 1.82) is 0 Å². The van der Waals surface area contributed by atoms with Gasteiger partial charge in [-0.25, -0.2) is 4.79 Å². The van der Waals surface area contributed by atoms with E-state index in [0.29, 0.717) is 22.9 Å². The number of carbonyl (C=O) groups excluding carboxylic acids is 2. The van der Waals surface area contributed by atoms with Gasteiger partial charge in [0.15, 0.2) is 5.76 Å². The van der Waals surface area contributed by atoms with Gasteiger partial charge in [-0.3, -0.25) is 4.79 Å². The maximum absolute atomic E-state index is 12.6. The number of urea groups is 1. The molecule has 1 aromatic heterocycles. The molecule has 6 nitrogen and oxygen atoms in total. The number of anilines is 2. The fourth-order valence-electron chi connectivity index (χ4n) is 2.58. The molecule has 0 radical (unpaired) electrons. The first-order valence-electron chi connectivity index (χ1n) is 9.24. The first-order chi connectivity index (χ1) is 14.0. The molecule has 3 N–H and O–H groups in total. The zero-order valence-electron chi connectivity index (χ0n) is 16.3. The van der Waals surface area contributed by atoms with Crippen molar-refractivity contribution < 1.29 is 14.0 Å². The third kappa shape index (κ3) is 6.15. The van der Waals surface area contributed by atoms with Gasteiger partial charge in [-0.15, -0.1) is 11.8 Å². The Hall–Kier alpha value is -3.19. The molecule has 0 saturated carbocycles. The maximum atomic E-state index is 12.6. The highest BCUT2D eigenvalue weighted by Crippen LogP contribution is 2.25. The molecular formula is C22H23N3O3S. The molecule has 0 atom stereocenters. The predicted molar refractivity (Wildman–Crippen MR) is 116 cm³/mol. The summed E-state index contributed by atoms with van der Waals surface area (Å²) in [6.45, 7) is 3.78. The first-order valence-corrected chi connectivity index (χ1v) is 10.2. The number of nitrogens with one attached hydrogen (secondary N) is 3. The first kappa shape index (κ1) is 20.5. The van der Waals surface area contributed by atoms with E-state index >= 15 is 0 Å². The van der Waals surface area contributed by atoms with Crippen LogP contribution in [0.1, 0.15) is 30.0 Å². The van der Waals surface area contributed by atoms with Crippen molar-refractivity contribution in [2.24, 2.45) is 0 Å². The van der Waals surface area contributed by atoms with E-state index in [9.17, 15) is 9.59 Å². The average Bonchev–Trinajstić information content (AvgIpc) is 3.17. The van der Waals surface area contributed by atoms with Crippen LogP contribution in [0.2, 0.25) is 0 Å². The number of carbonyl (C=O) groups is 2. The van der Waals surface area contributed by atoms with E-state index in [1.807, 2.05) is 50.2 Å². The molecule has 29 heavy (non-hydrogen) atoms. The molecule has 2 aromatic carbocycles. The number of furan rings is 1. The lowest BCUT2D eigenvalue weighted by Gasteiger charge is -2.11. The van der Waals surface area contributed by atoms with E-state index in [-0.39, 0.29) is 18.0 Å². The van der Waals surface area contributed by atoms with Crippen LogP contribution in [0, 0.1) is 0 Å². The lowest BCUT2D eigenvalue weighted by atomic mass is 10.2. The van der Waals surface area contributed by atoms with Crippen LogP contribution in [0.25, 0.3) is 0 Å². The Bertz CT molecular complexity index is 953. The molecule has 3 amide bonds. The largest absolute Gasteiger partial charge is 0.459 e. The molecule has 0 saturated heterocycles. The standard InChI is InChI=1S/C22H23N3O3S/c1-15(2)23-22(27)25-18-10-8-17(9-11-18)24-21(26)20-16(12-13-28-20)14-29-19-6-4-3-5-7-19/h3-13,15H,14H2,1-2H3,(H,24,26)(H2,23,25,27). The molecule has 150 valence electrons. The third-order valence-corrected chi connectivity index (χ3v) is 4.97. The van der Waals surface area contributed by atoms with Crippen LogP contribution >= 0.6 is 11.8 Å². The quantitative estimate of drug-likeness (QED) is 0.459.